The standard InChI is InChI=1S/C25H31N3O5S/c1-3-5-6-20-7-9-21(10-8-20)19-33-25(30)27-15-17-28(18-16-27)34(31,32)23-13-11-22(12-14-23)26-24(29)4-2/h4,7-14H,2-3,5-6,15-19H2,1H3,(H,26,29). The van der Waals surface area contributed by atoms with Crippen molar-refractivity contribution in [3.63, 3.8) is 0 Å². The zero-order valence-electron chi connectivity index (χ0n) is 19.4. The maximum Gasteiger partial charge on any atom is 0.410 e. The summed E-state index contributed by atoms with van der Waals surface area (Å²) in [4.78, 5) is 25.5. The Balaban J connectivity index is 1.49. The minimum Gasteiger partial charge on any atom is -0.445 e. The van der Waals surface area contributed by atoms with Crippen molar-refractivity contribution in [3.8, 4) is 0 Å². The Hall–Kier alpha value is -3.17. The third-order valence-corrected chi connectivity index (χ3v) is 7.56. The fraction of sp³-hybridized carbons (Fsp3) is 0.360. The van der Waals surface area contributed by atoms with Crippen LogP contribution in [0.5, 0.6) is 0 Å². The first-order valence-electron chi connectivity index (χ1n) is 11.4. The Morgan fingerprint density at radius 2 is 1.62 bits per heavy atom. The van der Waals surface area contributed by atoms with Crippen molar-refractivity contribution in [2.24, 2.45) is 0 Å². The summed E-state index contributed by atoms with van der Waals surface area (Å²) in [5.41, 5.74) is 2.67. The Morgan fingerprint density at radius 1 is 1.00 bits per heavy atom. The van der Waals surface area contributed by atoms with Gasteiger partial charge >= 0.3 is 6.09 Å². The SMILES string of the molecule is C=CC(=O)Nc1ccc(S(=O)(=O)N2CCN(C(=O)OCc3ccc(CCCC)cc3)CC2)cc1. The first-order chi connectivity index (χ1) is 16.3. The molecule has 0 aromatic heterocycles. The second-order valence-electron chi connectivity index (χ2n) is 8.08. The lowest BCUT2D eigenvalue weighted by Gasteiger charge is -2.33. The second-order valence-corrected chi connectivity index (χ2v) is 10.0. The molecule has 0 aliphatic carbocycles. The third-order valence-electron chi connectivity index (χ3n) is 5.65. The summed E-state index contributed by atoms with van der Waals surface area (Å²) in [6.07, 6.45) is 4.03. The van der Waals surface area contributed by atoms with E-state index in [1.807, 2.05) is 12.1 Å². The summed E-state index contributed by atoms with van der Waals surface area (Å²) < 4.78 is 32.7. The van der Waals surface area contributed by atoms with Crippen LogP contribution in [0, 0.1) is 0 Å². The number of sulfonamides is 1. The quantitative estimate of drug-likeness (QED) is 0.545. The number of carbonyl (C=O) groups is 2. The van der Waals surface area contributed by atoms with Crippen LogP contribution < -0.4 is 5.32 Å². The molecule has 0 saturated carbocycles. The van der Waals surface area contributed by atoms with Gasteiger partial charge < -0.3 is 15.0 Å². The zero-order valence-corrected chi connectivity index (χ0v) is 20.2. The lowest BCUT2D eigenvalue weighted by atomic mass is 10.1. The number of nitrogens with one attached hydrogen (secondary N) is 1. The van der Waals surface area contributed by atoms with Gasteiger partial charge in [-0.2, -0.15) is 4.31 Å². The minimum absolute atomic E-state index is 0.127. The second kappa shape index (κ2) is 11.8. The number of ether oxygens (including phenoxy) is 1. The number of hydrogen-bond acceptors (Lipinski definition) is 5. The van der Waals surface area contributed by atoms with E-state index in [-0.39, 0.29) is 43.6 Å². The molecule has 0 bridgehead atoms. The molecule has 34 heavy (non-hydrogen) atoms. The molecule has 2 aromatic rings. The zero-order chi connectivity index (χ0) is 24.6. The van der Waals surface area contributed by atoms with Crippen LogP contribution in [0.15, 0.2) is 66.1 Å². The van der Waals surface area contributed by atoms with Crippen molar-refractivity contribution < 1.29 is 22.7 Å². The normalized spacial score (nSPS) is 14.4. The molecule has 1 aliphatic rings. The number of piperazine rings is 1. The number of amides is 2. The van der Waals surface area contributed by atoms with Crippen LogP contribution in [0.4, 0.5) is 10.5 Å². The molecule has 0 unspecified atom stereocenters. The average Bonchev–Trinajstić information content (AvgIpc) is 2.87. The van der Waals surface area contributed by atoms with Gasteiger partial charge in [-0.3, -0.25) is 4.79 Å². The van der Waals surface area contributed by atoms with Gasteiger partial charge in [0.1, 0.15) is 6.61 Å². The fourth-order valence-electron chi connectivity index (χ4n) is 3.58. The molecule has 2 aromatic carbocycles. The number of rotatable bonds is 9. The van der Waals surface area contributed by atoms with Crippen molar-refractivity contribution in [2.75, 3.05) is 31.5 Å². The average molecular weight is 486 g/mol. The van der Waals surface area contributed by atoms with E-state index >= 15 is 0 Å². The van der Waals surface area contributed by atoms with Crippen molar-refractivity contribution >= 4 is 27.7 Å². The summed E-state index contributed by atoms with van der Waals surface area (Å²) >= 11 is 0. The fourth-order valence-corrected chi connectivity index (χ4v) is 5.01. The van der Waals surface area contributed by atoms with E-state index in [9.17, 15) is 18.0 Å². The van der Waals surface area contributed by atoms with Gasteiger partial charge in [0, 0.05) is 31.9 Å². The topological polar surface area (TPSA) is 96.0 Å². The highest BCUT2D eigenvalue weighted by Gasteiger charge is 2.30. The predicted molar refractivity (Wildman–Crippen MR) is 131 cm³/mol. The van der Waals surface area contributed by atoms with E-state index in [0.29, 0.717) is 5.69 Å². The van der Waals surface area contributed by atoms with Crippen molar-refractivity contribution in [3.05, 3.63) is 72.3 Å². The molecule has 1 saturated heterocycles. The van der Waals surface area contributed by atoms with Gasteiger partial charge in [-0.05, 0) is 54.3 Å². The Kier molecular flexibility index (Phi) is 8.84. The van der Waals surface area contributed by atoms with Gasteiger partial charge in [-0.25, -0.2) is 13.2 Å². The largest absolute Gasteiger partial charge is 0.445 e. The van der Waals surface area contributed by atoms with E-state index in [0.717, 1.165) is 30.9 Å². The number of anilines is 1. The van der Waals surface area contributed by atoms with Crippen LogP contribution in [0.1, 0.15) is 30.9 Å². The number of carbonyl (C=O) groups excluding carboxylic acids is 2. The van der Waals surface area contributed by atoms with Gasteiger partial charge in [0.25, 0.3) is 0 Å². The molecule has 1 fully saturated rings. The molecule has 182 valence electrons. The van der Waals surface area contributed by atoms with E-state index in [1.54, 1.807) is 0 Å². The van der Waals surface area contributed by atoms with Gasteiger partial charge in [0.05, 0.1) is 4.90 Å². The van der Waals surface area contributed by atoms with Crippen molar-refractivity contribution in [1.82, 2.24) is 9.21 Å². The van der Waals surface area contributed by atoms with Gasteiger partial charge in [0.15, 0.2) is 0 Å². The summed E-state index contributed by atoms with van der Waals surface area (Å²) in [5, 5.41) is 2.58. The summed E-state index contributed by atoms with van der Waals surface area (Å²) in [6.45, 7) is 6.58. The molecule has 0 atom stereocenters. The smallest absolute Gasteiger partial charge is 0.410 e. The summed E-state index contributed by atoms with van der Waals surface area (Å²) in [5.74, 6) is -0.373. The highest BCUT2D eigenvalue weighted by molar-refractivity contribution is 7.89. The number of benzene rings is 2. The number of unbranched alkanes of at least 4 members (excludes halogenated alkanes) is 1. The minimum atomic E-state index is -3.71. The van der Waals surface area contributed by atoms with Crippen molar-refractivity contribution in [1.29, 1.82) is 0 Å². The van der Waals surface area contributed by atoms with E-state index in [1.165, 1.54) is 39.0 Å². The number of nitrogens with zero attached hydrogens (tertiary/aromatic N) is 2. The van der Waals surface area contributed by atoms with E-state index < -0.39 is 16.1 Å². The van der Waals surface area contributed by atoms with Gasteiger partial charge in [0.2, 0.25) is 15.9 Å². The monoisotopic (exact) mass is 485 g/mol. The van der Waals surface area contributed by atoms with E-state index in [2.05, 4.69) is 31.0 Å². The summed E-state index contributed by atoms with van der Waals surface area (Å²) in [7, 11) is -3.71. The van der Waals surface area contributed by atoms with Crippen molar-refractivity contribution in [2.45, 2.75) is 37.7 Å². The Labute approximate surface area is 201 Å². The van der Waals surface area contributed by atoms with Crippen LogP contribution in [0.25, 0.3) is 0 Å². The summed E-state index contributed by atoms with van der Waals surface area (Å²) in [6, 6.07) is 14.0. The van der Waals surface area contributed by atoms with Crippen LogP contribution in [0.3, 0.4) is 0 Å². The molecule has 9 heteroatoms. The van der Waals surface area contributed by atoms with Gasteiger partial charge in [-0.15, -0.1) is 0 Å². The molecule has 1 aliphatic heterocycles. The predicted octanol–water partition coefficient (Wildman–Crippen LogP) is 3.80. The number of aryl methyl sites for hydroxylation is 1. The Bertz CT molecular complexity index is 1090. The number of hydrogen-bond donors (Lipinski definition) is 1. The molecular weight excluding hydrogens is 454 g/mol. The van der Waals surface area contributed by atoms with Crippen LogP contribution in [-0.4, -0.2) is 55.8 Å². The highest BCUT2D eigenvalue weighted by atomic mass is 32.2. The molecule has 0 radical (unpaired) electrons. The Morgan fingerprint density at radius 3 is 2.21 bits per heavy atom. The van der Waals surface area contributed by atoms with Gasteiger partial charge in [-0.1, -0.05) is 44.2 Å². The van der Waals surface area contributed by atoms with E-state index in [4.69, 9.17) is 4.74 Å². The molecule has 3 rings (SSSR count). The first kappa shape index (κ1) is 25.5. The first-order valence-corrected chi connectivity index (χ1v) is 12.8. The third kappa shape index (κ3) is 6.68. The molecular formula is C25H31N3O5S. The molecule has 8 nitrogen and oxygen atoms in total. The molecule has 2 amide bonds. The lowest BCUT2D eigenvalue weighted by molar-refractivity contribution is -0.111. The highest BCUT2D eigenvalue weighted by Crippen LogP contribution is 2.20. The molecule has 1 heterocycles. The van der Waals surface area contributed by atoms with Crippen LogP contribution in [-0.2, 0) is 32.6 Å². The molecule has 0 spiro atoms. The maximum absolute atomic E-state index is 12.9. The van der Waals surface area contributed by atoms with Crippen LogP contribution in [0.2, 0.25) is 0 Å². The lowest BCUT2D eigenvalue weighted by Crippen LogP contribution is -2.50. The maximum atomic E-state index is 12.9. The molecule has 1 N–H and O–H groups in total. The van der Waals surface area contributed by atoms with Crippen LogP contribution >= 0.6 is 0 Å².